The molecule has 4 aromatic heterocycles. The molecule has 12 aromatic rings. The van der Waals surface area contributed by atoms with Gasteiger partial charge in [0.1, 0.15) is 0 Å². The van der Waals surface area contributed by atoms with Crippen LogP contribution in [0.3, 0.4) is 0 Å². The van der Waals surface area contributed by atoms with Crippen molar-refractivity contribution in [3.05, 3.63) is 193 Å². The van der Waals surface area contributed by atoms with E-state index >= 15 is 0 Å². The van der Waals surface area contributed by atoms with Gasteiger partial charge < -0.3 is 4.57 Å². The molecule has 0 spiro atoms. The molecule has 0 fully saturated rings. The van der Waals surface area contributed by atoms with Crippen molar-refractivity contribution in [2.45, 2.75) is 0 Å². The summed E-state index contributed by atoms with van der Waals surface area (Å²) in [5, 5.41) is -3.65. The van der Waals surface area contributed by atoms with E-state index in [1.807, 2.05) is 0 Å². The summed E-state index contributed by atoms with van der Waals surface area (Å²) in [6.07, 6.45) is 0. The third-order valence-corrected chi connectivity index (χ3v) is 9.10. The summed E-state index contributed by atoms with van der Waals surface area (Å²) in [6.45, 7) is 0. The van der Waals surface area contributed by atoms with E-state index in [9.17, 15) is 15.1 Å². The number of rotatable bonds is 5. The van der Waals surface area contributed by atoms with Crippen LogP contribution in [0.4, 0.5) is 0 Å². The third kappa shape index (κ3) is 4.74. The lowest BCUT2D eigenvalue weighted by atomic mass is 10.0. The van der Waals surface area contributed by atoms with Crippen LogP contribution in [0.15, 0.2) is 193 Å². The molecule has 0 aliphatic rings. The van der Waals surface area contributed by atoms with Crippen molar-refractivity contribution in [2.24, 2.45) is 0 Å². The number of benzene rings is 8. The van der Waals surface area contributed by atoms with Gasteiger partial charge in [-0.2, -0.15) is 15.0 Å². The molecule has 266 valence electrons. The zero-order valence-corrected chi connectivity index (χ0v) is 28.2. The summed E-state index contributed by atoms with van der Waals surface area (Å²) in [7, 11) is 0. The van der Waals surface area contributed by atoms with Crippen molar-refractivity contribution < 1.29 is 43.9 Å². The molecule has 0 aliphatic heterocycles. The Bertz CT molecular complexity index is 5230. The second kappa shape index (κ2) is 12.3. The Balaban J connectivity index is 1.40. The normalized spacial score (nSPS) is 19.7. The second-order valence-electron chi connectivity index (χ2n) is 12.1. The number of hydrogen-bond donors (Lipinski definition) is 0. The van der Waals surface area contributed by atoms with Gasteiger partial charge in [-0.15, -0.1) is 0 Å². The fraction of sp³-hybridized carbons (Fsp3) is 0. The average Bonchev–Trinajstić information content (AvgIpc) is 1.57. The minimum Gasteiger partial charge on any atom is -0.309 e. The smallest absolute Gasteiger partial charge is 0.240 e. The van der Waals surface area contributed by atoms with E-state index in [2.05, 4.69) is 15.0 Å². The van der Waals surface area contributed by atoms with E-state index in [0.717, 1.165) is 0 Å². The van der Waals surface area contributed by atoms with Crippen LogP contribution in [0.1, 0.15) is 43.9 Å². The topological polar surface area (TPSA) is 53.5 Å². The molecular formula is C51H32N6. The Morgan fingerprint density at radius 3 is 1.25 bits per heavy atom. The van der Waals surface area contributed by atoms with Crippen molar-refractivity contribution >= 4 is 65.4 Å². The largest absolute Gasteiger partial charge is 0.309 e. The van der Waals surface area contributed by atoms with Crippen molar-refractivity contribution in [3.63, 3.8) is 0 Å². The maximum absolute atomic E-state index is 9.98. The molecule has 0 amide bonds. The zero-order valence-electron chi connectivity index (χ0n) is 60.2. The first-order valence-electron chi connectivity index (χ1n) is 32.6. The van der Waals surface area contributed by atoms with E-state index in [4.69, 9.17) is 28.8 Å². The van der Waals surface area contributed by atoms with E-state index in [1.165, 1.54) is 0 Å². The Hall–Kier alpha value is -7.83. The number of hydrogen-bond acceptors (Lipinski definition) is 3. The lowest BCUT2D eigenvalue weighted by Crippen LogP contribution is -2.11. The van der Waals surface area contributed by atoms with E-state index < -0.39 is 299 Å². The summed E-state index contributed by atoms with van der Waals surface area (Å²) in [5.41, 5.74) is -7.98. The summed E-state index contributed by atoms with van der Waals surface area (Å²) in [5.74, 6) is -3.20. The number of nitrogens with zero attached hydrogens (tertiary/aromatic N) is 6. The van der Waals surface area contributed by atoms with Gasteiger partial charge in [-0.05, 0) is 59.5 Å². The van der Waals surface area contributed by atoms with Gasteiger partial charge in [0.25, 0.3) is 0 Å². The monoisotopic (exact) mass is 760 g/mol. The Morgan fingerprint density at radius 2 is 0.719 bits per heavy atom. The highest BCUT2D eigenvalue weighted by Crippen LogP contribution is 2.38. The fourth-order valence-electron chi connectivity index (χ4n) is 6.78. The first kappa shape index (κ1) is 13.4. The van der Waals surface area contributed by atoms with Gasteiger partial charge in [0.2, 0.25) is 11.9 Å². The molecule has 0 saturated carbocycles. The fourth-order valence-corrected chi connectivity index (χ4v) is 6.78. The van der Waals surface area contributed by atoms with Crippen LogP contribution in [0, 0.1) is 0 Å². The number of fused-ring (bicyclic) bond motifs is 9. The van der Waals surface area contributed by atoms with Crippen LogP contribution >= 0.6 is 0 Å². The van der Waals surface area contributed by atoms with Crippen LogP contribution < -0.4 is 0 Å². The van der Waals surface area contributed by atoms with Crippen molar-refractivity contribution in [1.82, 2.24) is 28.7 Å². The van der Waals surface area contributed by atoms with E-state index in [1.54, 1.807) is 0 Å². The minimum absolute atomic E-state index is 0.582. The predicted molar refractivity (Wildman–Crippen MR) is 234 cm³/mol. The highest BCUT2D eigenvalue weighted by Gasteiger charge is 2.23. The zero-order chi connectivity index (χ0) is 65.3. The standard InChI is InChI=1S/C51H32N6/c1-2-16-33(17-3-1)34-30-31-40-39-22-8-14-28-46(39)57(48(40)32-34)51-53-49(52-50(54-51)56-44-26-12-6-20-37(44)38-21-7-13-27-45(38)56)41-23-9-15-29-47(41)55-42-24-10-4-18-35(42)36-19-5-11-25-43(36)55/h1-32H/i1D,2D,3D,4D,5D,6D,7D,8D,9D,10D,11D,12D,13D,14D,15D,16D,17D,18D,19D,20D,21D,22D,23D,24D,25D,26D,27D,28D,29D,30D,31D,32D. The second-order valence-corrected chi connectivity index (χ2v) is 12.1. The van der Waals surface area contributed by atoms with E-state index in [0.29, 0.717) is 13.7 Å². The summed E-state index contributed by atoms with van der Waals surface area (Å²) in [6, 6.07) is -31.1. The van der Waals surface area contributed by atoms with Crippen LogP contribution in [-0.4, -0.2) is 28.7 Å². The molecular weight excluding hydrogens is 697 g/mol. The molecule has 6 nitrogen and oxygen atoms in total. The summed E-state index contributed by atoms with van der Waals surface area (Å²) < 4.78 is 292. The van der Waals surface area contributed by atoms with Crippen LogP contribution in [0.5, 0.6) is 0 Å². The Morgan fingerprint density at radius 1 is 0.316 bits per heavy atom. The van der Waals surface area contributed by atoms with Crippen molar-refractivity contribution in [1.29, 1.82) is 0 Å². The molecule has 0 saturated heterocycles. The van der Waals surface area contributed by atoms with Crippen molar-refractivity contribution in [3.8, 4) is 40.1 Å². The van der Waals surface area contributed by atoms with Gasteiger partial charge in [0, 0.05) is 37.9 Å². The minimum atomic E-state index is -1.16. The SMILES string of the molecule is [2H]c1c([2H])c([2H])c(-c2c([2H])c([2H])c3c4c([2H])c([2H])c([2H])c([2H])c4n(-c4nc(-c5c([2H])c([2H])c([2H])c([2H])c5-n5c6c([2H])c([2H])c([2H])c([2H])c6c6c([2H])c([2H])c([2H])c([2H])c65)nc(-n5c6c([2H])c([2H])c([2H])c([2H])c6c6c([2H])c([2H])c([2H])c([2H])c65)n4)c3c2[2H])c([2H])c1[2H]. The molecule has 0 unspecified atom stereocenters. The van der Waals surface area contributed by atoms with Gasteiger partial charge in [-0.3, -0.25) is 9.13 Å². The quantitative estimate of drug-likeness (QED) is 0.176. The molecule has 12 rings (SSSR count). The van der Waals surface area contributed by atoms with E-state index in [-0.39, 0.29) is 0 Å². The molecule has 0 N–H and O–H groups in total. The molecule has 0 aliphatic carbocycles. The molecule has 0 atom stereocenters. The molecule has 6 heteroatoms. The third-order valence-electron chi connectivity index (χ3n) is 9.10. The Kier molecular flexibility index (Phi) is 2.91. The summed E-state index contributed by atoms with van der Waals surface area (Å²) >= 11 is 0. The maximum atomic E-state index is 9.98. The summed E-state index contributed by atoms with van der Waals surface area (Å²) in [4.78, 5) is 14.0. The van der Waals surface area contributed by atoms with Gasteiger partial charge >= 0.3 is 0 Å². The lowest BCUT2D eigenvalue weighted by molar-refractivity contribution is 0.892. The van der Waals surface area contributed by atoms with Gasteiger partial charge in [-0.25, -0.2) is 0 Å². The number of aromatic nitrogens is 6. The molecule has 8 aromatic carbocycles. The average molecular weight is 761 g/mol. The van der Waals surface area contributed by atoms with Crippen LogP contribution in [0.2, 0.25) is 0 Å². The highest BCUT2D eigenvalue weighted by molar-refractivity contribution is 6.12. The van der Waals surface area contributed by atoms with Crippen LogP contribution in [0.25, 0.3) is 106 Å². The van der Waals surface area contributed by atoms with Gasteiger partial charge in [-0.1, -0.05) is 145 Å². The molecule has 57 heavy (non-hydrogen) atoms. The van der Waals surface area contributed by atoms with Gasteiger partial charge in [0.15, 0.2) is 5.82 Å². The maximum Gasteiger partial charge on any atom is 0.240 e. The first-order valence-corrected chi connectivity index (χ1v) is 16.6. The predicted octanol–water partition coefficient (Wildman–Crippen LogP) is 12.5. The first-order chi connectivity index (χ1) is 41.6. The molecule has 4 heterocycles. The van der Waals surface area contributed by atoms with Crippen molar-refractivity contribution in [2.75, 3.05) is 0 Å². The van der Waals surface area contributed by atoms with Gasteiger partial charge in [0.05, 0.1) is 82.7 Å². The van der Waals surface area contributed by atoms with Crippen LogP contribution in [-0.2, 0) is 0 Å². The Labute approximate surface area is 372 Å². The highest BCUT2D eigenvalue weighted by atomic mass is 15.3. The number of para-hydroxylation sites is 6. The molecule has 0 bridgehead atoms. The molecule has 0 radical (unpaired) electrons. The lowest BCUT2D eigenvalue weighted by Gasteiger charge is -2.16.